The van der Waals surface area contributed by atoms with Crippen LogP contribution in [0.25, 0.3) is 0 Å². The molecule has 2 aliphatic rings. The third-order valence-corrected chi connectivity index (χ3v) is 4.54. The van der Waals surface area contributed by atoms with Crippen molar-refractivity contribution in [2.45, 2.75) is 19.4 Å². The number of carbonyl (C=O) groups is 2. The van der Waals surface area contributed by atoms with Crippen molar-refractivity contribution in [2.75, 3.05) is 0 Å². The van der Waals surface area contributed by atoms with Gasteiger partial charge < -0.3 is 10.4 Å². The molecule has 0 aliphatic heterocycles. The Morgan fingerprint density at radius 1 is 1.29 bits per heavy atom. The highest BCUT2D eigenvalue weighted by Crippen LogP contribution is 2.48. The molecule has 2 aliphatic carbocycles. The Labute approximate surface area is 123 Å². The summed E-state index contributed by atoms with van der Waals surface area (Å²) in [6.45, 7) is 1.86. The molecule has 1 aromatic heterocycles. The van der Waals surface area contributed by atoms with Gasteiger partial charge in [0.25, 0.3) is 0 Å². The van der Waals surface area contributed by atoms with E-state index in [1.807, 2.05) is 37.3 Å². The second kappa shape index (κ2) is 5.31. The maximum Gasteiger partial charge on any atom is 0.307 e. The van der Waals surface area contributed by atoms with E-state index in [1.54, 1.807) is 6.20 Å². The number of hydrogen-bond donors (Lipinski definition) is 2. The molecule has 1 amide bonds. The van der Waals surface area contributed by atoms with Crippen molar-refractivity contribution in [1.82, 2.24) is 10.3 Å². The number of rotatable bonds is 4. The Morgan fingerprint density at radius 3 is 2.62 bits per heavy atom. The Morgan fingerprint density at radius 2 is 2.00 bits per heavy atom. The predicted octanol–water partition coefficient (Wildman–Crippen LogP) is 1.78. The summed E-state index contributed by atoms with van der Waals surface area (Å²) in [6, 6.07) is 5.31. The molecule has 2 unspecified atom stereocenters. The maximum atomic E-state index is 12.5. The second-order valence-electron chi connectivity index (χ2n) is 5.82. The number of aliphatic carboxylic acids is 1. The molecule has 0 saturated heterocycles. The number of fused-ring (bicyclic) bond motifs is 2. The molecule has 2 bridgehead atoms. The van der Waals surface area contributed by atoms with Crippen LogP contribution in [0.1, 0.15) is 25.1 Å². The van der Waals surface area contributed by atoms with Crippen LogP contribution in [0.5, 0.6) is 0 Å². The summed E-state index contributed by atoms with van der Waals surface area (Å²) >= 11 is 0. The molecule has 5 nitrogen and oxygen atoms in total. The van der Waals surface area contributed by atoms with Crippen molar-refractivity contribution >= 4 is 11.9 Å². The van der Waals surface area contributed by atoms with Gasteiger partial charge in [0.1, 0.15) is 0 Å². The van der Waals surface area contributed by atoms with Gasteiger partial charge in [0, 0.05) is 6.20 Å². The Bertz CT molecular complexity index is 584. The van der Waals surface area contributed by atoms with Crippen LogP contribution >= 0.6 is 0 Å². The largest absolute Gasteiger partial charge is 0.481 e. The lowest BCUT2D eigenvalue weighted by Gasteiger charge is -2.25. The summed E-state index contributed by atoms with van der Waals surface area (Å²) in [5.74, 6) is -2.09. The topological polar surface area (TPSA) is 79.3 Å². The second-order valence-corrected chi connectivity index (χ2v) is 5.82. The molecular formula is C16H18N2O3. The number of allylic oxidation sites excluding steroid dienone is 2. The summed E-state index contributed by atoms with van der Waals surface area (Å²) in [5.41, 5.74) is 0.774. The van der Waals surface area contributed by atoms with E-state index in [1.165, 1.54) is 0 Å². The summed E-state index contributed by atoms with van der Waals surface area (Å²) < 4.78 is 0. The fourth-order valence-electron chi connectivity index (χ4n) is 3.53. The molecule has 3 rings (SSSR count). The molecule has 2 N–H and O–H groups in total. The molecule has 1 heterocycles. The van der Waals surface area contributed by atoms with E-state index in [9.17, 15) is 14.7 Å². The zero-order chi connectivity index (χ0) is 15.0. The average molecular weight is 286 g/mol. The molecule has 5 atom stereocenters. The number of nitrogens with one attached hydrogen (secondary N) is 1. The highest BCUT2D eigenvalue weighted by atomic mass is 16.4. The van der Waals surface area contributed by atoms with Gasteiger partial charge in [-0.1, -0.05) is 18.2 Å². The summed E-state index contributed by atoms with van der Waals surface area (Å²) in [4.78, 5) is 28.1. The van der Waals surface area contributed by atoms with Crippen molar-refractivity contribution in [3.63, 3.8) is 0 Å². The van der Waals surface area contributed by atoms with Crippen LogP contribution in [-0.4, -0.2) is 22.0 Å². The monoisotopic (exact) mass is 286 g/mol. The fraction of sp³-hybridized carbons (Fsp3) is 0.438. The number of hydrogen-bond acceptors (Lipinski definition) is 3. The first-order chi connectivity index (χ1) is 10.1. The quantitative estimate of drug-likeness (QED) is 0.827. The number of carbonyl (C=O) groups excluding carboxylic acids is 1. The number of nitrogens with zero attached hydrogens (tertiary/aromatic N) is 1. The number of carboxylic acids is 1. The molecule has 0 spiro atoms. The van der Waals surface area contributed by atoms with Gasteiger partial charge in [0.2, 0.25) is 5.91 Å². The van der Waals surface area contributed by atoms with Crippen molar-refractivity contribution in [3.05, 3.63) is 42.2 Å². The molecule has 5 heteroatoms. The molecule has 1 fully saturated rings. The molecule has 1 aromatic rings. The molecule has 21 heavy (non-hydrogen) atoms. The molecular weight excluding hydrogens is 268 g/mol. The van der Waals surface area contributed by atoms with E-state index >= 15 is 0 Å². The molecule has 0 radical (unpaired) electrons. The third kappa shape index (κ3) is 2.44. The van der Waals surface area contributed by atoms with Crippen molar-refractivity contribution in [3.8, 4) is 0 Å². The first-order valence-corrected chi connectivity index (χ1v) is 7.20. The molecule has 110 valence electrons. The van der Waals surface area contributed by atoms with E-state index in [-0.39, 0.29) is 23.8 Å². The number of aromatic nitrogens is 1. The van der Waals surface area contributed by atoms with Crippen LogP contribution in [0.15, 0.2) is 36.5 Å². The van der Waals surface area contributed by atoms with Gasteiger partial charge in [0.15, 0.2) is 0 Å². The maximum absolute atomic E-state index is 12.5. The van der Waals surface area contributed by atoms with Crippen LogP contribution in [0, 0.1) is 23.7 Å². The van der Waals surface area contributed by atoms with Gasteiger partial charge in [-0.2, -0.15) is 0 Å². The number of amides is 1. The van der Waals surface area contributed by atoms with Gasteiger partial charge >= 0.3 is 5.97 Å². The lowest BCUT2D eigenvalue weighted by atomic mass is 9.82. The molecule has 0 aromatic carbocycles. The predicted molar refractivity (Wildman–Crippen MR) is 76.1 cm³/mol. The smallest absolute Gasteiger partial charge is 0.307 e. The summed E-state index contributed by atoms with van der Waals surface area (Å²) in [6.07, 6.45) is 6.38. The first kappa shape index (κ1) is 13.8. The average Bonchev–Trinajstić information content (AvgIpc) is 3.08. The number of carboxylic acid groups (broad SMARTS) is 1. The van der Waals surface area contributed by atoms with Gasteiger partial charge in [-0.15, -0.1) is 0 Å². The zero-order valence-electron chi connectivity index (χ0n) is 11.8. The van der Waals surface area contributed by atoms with E-state index in [4.69, 9.17) is 0 Å². The van der Waals surface area contributed by atoms with E-state index in [0.717, 1.165) is 12.1 Å². The minimum Gasteiger partial charge on any atom is -0.481 e. The van der Waals surface area contributed by atoms with Crippen molar-refractivity contribution in [1.29, 1.82) is 0 Å². The Hall–Kier alpha value is -2.17. The Kier molecular flexibility index (Phi) is 3.49. The van der Waals surface area contributed by atoms with E-state index < -0.39 is 17.8 Å². The lowest BCUT2D eigenvalue weighted by Crippen LogP contribution is -2.41. The summed E-state index contributed by atoms with van der Waals surface area (Å²) in [5, 5.41) is 12.3. The van der Waals surface area contributed by atoms with Gasteiger partial charge in [-0.25, -0.2) is 0 Å². The minimum atomic E-state index is -0.877. The van der Waals surface area contributed by atoms with Gasteiger partial charge in [-0.05, 0) is 37.3 Å². The van der Waals surface area contributed by atoms with Crippen LogP contribution in [0.4, 0.5) is 0 Å². The minimum absolute atomic E-state index is 0.00611. The molecule has 1 saturated carbocycles. The van der Waals surface area contributed by atoms with Crippen LogP contribution < -0.4 is 5.32 Å². The first-order valence-electron chi connectivity index (χ1n) is 7.20. The van der Waals surface area contributed by atoms with Crippen LogP contribution in [0.2, 0.25) is 0 Å². The third-order valence-electron chi connectivity index (χ3n) is 4.54. The Balaban J connectivity index is 1.73. The summed E-state index contributed by atoms with van der Waals surface area (Å²) in [7, 11) is 0. The van der Waals surface area contributed by atoms with Gasteiger partial charge in [-0.3, -0.25) is 14.6 Å². The SMILES string of the molecule is C[C@@H](NC(=O)[C@H]1C2C=CC(C2)[C@H]1C(=O)O)c1ccccn1. The van der Waals surface area contributed by atoms with Crippen molar-refractivity contribution < 1.29 is 14.7 Å². The van der Waals surface area contributed by atoms with Crippen LogP contribution in [-0.2, 0) is 9.59 Å². The highest BCUT2D eigenvalue weighted by Gasteiger charge is 2.51. The van der Waals surface area contributed by atoms with Crippen LogP contribution in [0.3, 0.4) is 0 Å². The standard InChI is InChI=1S/C16H18N2O3/c1-9(12-4-2-3-7-17-12)18-15(19)13-10-5-6-11(8-10)14(13)16(20)21/h2-7,9-11,13-14H,8H2,1H3,(H,18,19)(H,20,21)/t9-,10?,11?,13+,14-/m1/s1. The normalized spacial score (nSPS) is 31.1. The van der Waals surface area contributed by atoms with E-state index in [0.29, 0.717) is 0 Å². The zero-order valence-corrected chi connectivity index (χ0v) is 11.8. The van der Waals surface area contributed by atoms with E-state index in [2.05, 4.69) is 10.3 Å². The lowest BCUT2D eigenvalue weighted by molar-refractivity contribution is -0.148. The fourth-order valence-corrected chi connectivity index (χ4v) is 3.53. The van der Waals surface area contributed by atoms with Crippen molar-refractivity contribution in [2.24, 2.45) is 23.7 Å². The number of pyridine rings is 1. The van der Waals surface area contributed by atoms with Gasteiger partial charge in [0.05, 0.1) is 23.6 Å². The highest BCUT2D eigenvalue weighted by molar-refractivity contribution is 5.87.